The minimum absolute atomic E-state index is 0. The van der Waals surface area contributed by atoms with Crippen LogP contribution in [0, 0.1) is 0 Å². The van der Waals surface area contributed by atoms with Crippen LogP contribution in [0.4, 0.5) is 0 Å². The molecule has 126 valence electrons. The van der Waals surface area contributed by atoms with Crippen LogP contribution in [0.5, 0.6) is 0 Å². The van der Waals surface area contributed by atoms with Crippen molar-refractivity contribution in [2.24, 2.45) is 0 Å². The summed E-state index contributed by atoms with van der Waals surface area (Å²) in [6.07, 6.45) is 1.03. The lowest BCUT2D eigenvalue weighted by atomic mass is 10.2. The van der Waals surface area contributed by atoms with Crippen molar-refractivity contribution in [1.29, 1.82) is 0 Å². The highest BCUT2D eigenvalue weighted by Gasteiger charge is 2.24. The Morgan fingerprint density at radius 2 is 1.77 bits per heavy atom. The van der Waals surface area contributed by atoms with Gasteiger partial charge in [0, 0.05) is 13.1 Å². The van der Waals surface area contributed by atoms with E-state index in [9.17, 15) is 13.2 Å². The number of amides is 1. The summed E-state index contributed by atoms with van der Waals surface area (Å²) in [5.41, 5.74) is 0.210. The Labute approximate surface area is 139 Å². The molecule has 1 aromatic rings. The van der Waals surface area contributed by atoms with E-state index >= 15 is 0 Å². The zero-order valence-electron chi connectivity index (χ0n) is 13.3. The SMILES string of the molecule is CCCNCCNC(=O)c1ccccc1S(=O)(=O)C(C)C.Cl. The van der Waals surface area contributed by atoms with E-state index in [0.29, 0.717) is 13.1 Å². The second-order valence-electron chi connectivity index (χ2n) is 5.10. The topological polar surface area (TPSA) is 75.3 Å². The number of hydrogen-bond donors (Lipinski definition) is 2. The molecule has 0 aliphatic heterocycles. The Bertz CT molecular complexity index is 574. The monoisotopic (exact) mass is 348 g/mol. The van der Waals surface area contributed by atoms with Gasteiger partial charge >= 0.3 is 0 Å². The molecular weight excluding hydrogens is 324 g/mol. The molecule has 0 radical (unpaired) electrons. The predicted molar refractivity (Wildman–Crippen MR) is 91.5 cm³/mol. The molecule has 0 saturated heterocycles. The first kappa shape index (κ1) is 20.9. The van der Waals surface area contributed by atoms with Crippen LogP contribution in [0.1, 0.15) is 37.6 Å². The third kappa shape index (κ3) is 5.59. The number of carbonyl (C=O) groups excluding carboxylic acids is 1. The molecule has 0 bridgehead atoms. The summed E-state index contributed by atoms with van der Waals surface area (Å²) in [7, 11) is -3.47. The summed E-state index contributed by atoms with van der Waals surface area (Å²) < 4.78 is 24.6. The van der Waals surface area contributed by atoms with Gasteiger partial charge in [0.2, 0.25) is 0 Å². The van der Waals surface area contributed by atoms with Crippen LogP contribution in [0.25, 0.3) is 0 Å². The Morgan fingerprint density at radius 1 is 1.14 bits per heavy atom. The lowest BCUT2D eigenvalue weighted by Gasteiger charge is -2.13. The van der Waals surface area contributed by atoms with Crippen molar-refractivity contribution < 1.29 is 13.2 Å². The summed E-state index contributed by atoms with van der Waals surface area (Å²) in [6, 6.07) is 6.34. The fraction of sp³-hybridized carbons (Fsp3) is 0.533. The quantitative estimate of drug-likeness (QED) is 0.705. The Kier molecular flexibility index (Phi) is 9.32. The van der Waals surface area contributed by atoms with Gasteiger partial charge in [-0.15, -0.1) is 12.4 Å². The van der Waals surface area contributed by atoms with Gasteiger partial charge in [0.15, 0.2) is 9.84 Å². The minimum atomic E-state index is -3.47. The Morgan fingerprint density at radius 3 is 2.36 bits per heavy atom. The van der Waals surface area contributed by atoms with Gasteiger partial charge in [-0.05, 0) is 38.9 Å². The van der Waals surface area contributed by atoms with Crippen molar-refractivity contribution in [3.8, 4) is 0 Å². The summed E-state index contributed by atoms with van der Waals surface area (Å²) in [5, 5.41) is 5.36. The summed E-state index contributed by atoms with van der Waals surface area (Å²) in [4.78, 5) is 12.3. The smallest absolute Gasteiger partial charge is 0.252 e. The number of halogens is 1. The number of nitrogens with one attached hydrogen (secondary N) is 2. The van der Waals surface area contributed by atoms with Gasteiger partial charge in [-0.1, -0.05) is 19.1 Å². The van der Waals surface area contributed by atoms with Crippen LogP contribution in [-0.4, -0.2) is 39.2 Å². The van der Waals surface area contributed by atoms with Crippen molar-refractivity contribution >= 4 is 28.2 Å². The van der Waals surface area contributed by atoms with E-state index in [1.54, 1.807) is 32.0 Å². The molecule has 0 fully saturated rings. The first-order valence-electron chi connectivity index (χ1n) is 7.23. The Hall–Kier alpha value is -1.11. The molecule has 0 heterocycles. The van der Waals surface area contributed by atoms with E-state index < -0.39 is 15.1 Å². The summed E-state index contributed by atoms with van der Waals surface area (Å²) >= 11 is 0. The molecule has 0 unspecified atom stereocenters. The molecule has 0 saturated carbocycles. The summed E-state index contributed by atoms with van der Waals surface area (Å²) in [5.74, 6) is -0.354. The molecule has 0 atom stereocenters. The molecule has 0 aliphatic rings. The maximum atomic E-state index is 12.3. The van der Waals surface area contributed by atoms with Crippen LogP contribution in [0.3, 0.4) is 0 Å². The van der Waals surface area contributed by atoms with Gasteiger partial charge in [0.25, 0.3) is 5.91 Å². The lowest BCUT2D eigenvalue weighted by molar-refractivity contribution is 0.0950. The average molecular weight is 349 g/mol. The number of sulfone groups is 1. The molecule has 2 N–H and O–H groups in total. The Balaban J connectivity index is 0.00000441. The number of rotatable bonds is 8. The van der Waals surface area contributed by atoms with Gasteiger partial charge in [0.1, 0.15) is 0 Å². The standard InChI is InChI=1S/C15H24N2O3S.ClH/c1-4-9-16-10-11-17-15(18)13-7-5-6-8-14(13)21(19,20)12(2)3;/h5-8,12,16H,4,9-11H2,1-3H3,(H,17,18);1H. The third-order valence-corrected chi connectivity index (χ3v) is 5.28. The molecule has 7 heteroatoms. The first-order valence-corrected chi connectivity index (χ1v) is 8.77. The molecule has 5 nitrogen and oxygen atoms in total. The highest BCUT2D eigenvalue weighted by Crippen LogP contribution is 2.20. The van der Waals surface area contributed by atoms with Crippen LogP contribution in [-0.2, 0) is 9.84 Å². The van der Waals surface area contributed by atoms with Crippen LogP contribution >= 0.6 is 12.4 Å². The van der Waals surface area contributed by atoms with Gasteiger partial charge in [-0.3, -0.25) is 4.79 Å². The number of benzene rings is 1. The van der Waals surface area contributed by atoms with Crippen molar-refractivity contribution in [2.45, 2.75) is 37.3 Å². The van der Waals surface area contributed by atoms with E-state index in [4.69, 9.17) is 0 Å². The fourth-order valence-corrected chi connectivity index (χ4v) is 3.06. The van der Waals surface area contributed by atoms with E-state index in [2.05, 4.69) is 17.6 Å². The molecular formula is C15H25ClN2O3S. The fourth-order valence-electron chi connectivity index (χ4n) is 1.82. The maximum Gasteiger partial charge on any atom is 0.252 e. The molecule has 1 rings (SSSR count). The van der Waals surface area contributed by atoms with Gasteiger partial charge in [-0.2, -0.15) is 0 Å². The van der Waals surface area contributed by atoms with Gasteiger partial charge in [0.05, 0.1) is 15.7 Å². The normalized spacial score (nSPS) is 11.1. The molecule has 0 aromatic heterocycles. The lowest BCUT2D eigenvalue weighted by Crippen LogP contribution is -2.33. The molecule has 22 heavy (non-hydrogen) atoms. The number of hydrogen-bond acceptors (Lipinski definition) is 4. The largest absolute Gasteiger partial charge is 0.351 e. The van der Waals surface area contributed by atoms with Crippen molar-refractivity contribution in [1.82, 2.24) is 10.6 Å². The highest BCUT2D eigenvalue weighted by molar-refractivity contribution is 7.92. The molecule has 1 amide bonds. The van der Waals surface area contributed by atoms with Crippen molar-refractivity contribution in [2.75, 3.05) is 19.6 Å². The second kappa shape index (κ2) is 9.82. The van der Waals surface area contributed by atoms with Crippen LogP contribution < -0.4 is 10.6 Å². The average Bonchev–Trinajstić information content (AvgIpc) is 2.46. The van der Waals surface area contributed by atoms with E-state index in [1.807, 2.05) is 0 Å². The second-order valence-corrected chi connectivity index (χ2v) is 7.57. The van der Waals surface area contributed by atoms with Crippen molar-refractivity contribution in [3.63, 3.8) is 0 Å². The zero-order chi connectivity index (χ0) is 15.9. The molecule has 0 spiro atoms. The third-order valence-electron chi connectivity index (χ3n) is 3.07. The zero-order valence-corrected chi connectivity index (χ0v) is 14.9. The predicted octanol–water partition coefficient (Wildman–Crippen LogP) is 2.02. The maximum absolute atomic E-state index is 12.3. The van der Waals surface area contributed by atoms with E-state index in [-0.39, 0.29) is 28.8 Å². The van der Waals surface area contributed by atoms with E-state index in [1.165, 1.54) is 6.07 Å². The molecule has 1 aromatic carbocycles. The van der Waals surface area contributed by atoms with Crippen LogP contribution in [0.15, 0.2) is 29.2 Å². The van der Waals surface area contributed by atoms with Gasteiger partial charge in [-0.25, -0.2) is 8.42 Å². The van der Waals surface area contributed by atoms with E-state index in [0.717, 1.165) is 13.0 Å². The first-order chi connectivity index (χ1) is 9.91. The van der Waals surface area contributed by atoms with Crippen LogP contribution in [0.2, 0.25) is 0 Å². The number of carbonyl (C=O) groups is 1. The molecule has 0 aliphatic carbocycles. The summed E-state index contributed by atoms with van der Waals surface area (Å²) in [6.45, 7) is 7.32. The van der Waals surface area contributed by atoms with Gasteiger partial charge < -0.3 is 10.6 Å². The highest BCUT2D eigenvalue weighted by atomic mass is 35.5. The minimum Gasteiger partial charge on any atom is -0.351 e. The van der Waals surface area contributed by atoms with Crippen molar-refractivity contribution in [3.05, 3.63) is 29.8 Å².